The summed E-state index contributed by atoms with van der Waals surface area (Å²) in [5.74, 6) is -1.03. The molecule has 2 N–H and O–H groups in total. The van der Waals surface area contributed by atoms with E-state index in [2.05, 4.69) is 15.6 Å². The standard InChI is InChI=1S/C11H11ClN4O3/c1-13-8-2-6(7(12)3-14-8)11(19)16-4-9(17)15-10(18)5-16/h2-3H,4-5H2,1H3,(H,13,14)(H,15,17,18). The fourth-order valence-corrected chi connectivity index (χ4v) is 1.87. The van der Waals surface area contributed by atoms with E-state index in [9.17, 15) is 14.4 Å². The van der Waals surface area contributed by atoms with Crippen LogP contribution >= 0.6 is 11.6 Å². The van der Waals surface area contributed by atoms with E-state index in [0.717, 1.165) is 4.90 Å². The van der Waals surface area contributed by atoms with Gasteiger partial charge in [0.2, 0.25) is 11.8 Å². The Morgan fingerprint density at radius 2 is 2.05 bits per heavy atom. The van der Waals surface area contributed by atoms with Gasteiger partial charge in [0.1, 0.15) is 18.9 Å². The summed E-state index contributed by atoms with van der Waals surface area (Å²) in [5.41, 5.74) is 0.198. The molecule has 7 nitrogen and oxygen atoms in total. The van der Waals surface area contributed by atoms with Crippen LogP contribution in [0.15, 0.2) is 12.3 Å². The normalized spacial score (nSPS) is 15.2. The van der Waals surface area contributed by atoms with Gasteiger partial charge < -0.3 is 10.2 Å². The molecule has 1 aromatic rings. The van der Waals surface area contributed by atoms with Gasteiger partial charge >= 0.3 is 0 Å². The Morgan fingerprint density at radius 1 is 1.42 bits per heavy atom. The third-order valence-electron chi connectivity index (χ3n) is 2.58. The largest absolute Gasteiger partial charge is 0.373 e. The minimum absolute atomic E-state index is 0.169. The van der Waals surface area contributed by atoms with Gasteiger partial charge in [-0.05, 0) is 6.07 Å². The molecule has 0 unspecified atom stereocenters. The molecule has 0 spiro atoms. The number of piperazine rings is 1. The number of halogens is 1. The van der Waals surface area contributed by atoms with E-state index in [-0.39, 0.29) is 23.7 Å². The first-order chi connectivity index (χ1) is 9.01. The Bertz CT molecular complexity index is 545. The number of carbonyl (C=O) groups excluding carboxylic acids is 3. The maximum atomic E-state index is 12.2. The summed E-state index contributed by atoms with van der Waals surface area (Å²) in [4.78, 5) is 39.8. The second-order valence-electron chi connectivity index (χ2n) is 3.93. The van der Waals surface area contributed by atoms with Gasteiger partial charge in [0.05, 0.1) is 10.6 Å². The molecule has 100 valence electrons. The van der Waals surface area contributed by atoms with Crippen molar-refractivity contribution in [2.75, 3.05) is 25.5 Å². The molecule has 1 aromatic heterocycles. The predicted molar refractivity (Wildman–Crippen MR) is 67.8 cm³/mol. The number of hydrogen-bond donors (Lipinski definition) is 2. The van der Waals surface area contributed by atoms with Gasteiger partial charge in [-0.15, -0.1) is 0 Å². The van der Waals surface area contributed by atoms with Crippen LogP contribution in [0.1, 0.15) is 10.4 Å². The maximum absolute atomic E-state index is 12.2. The van der Waals surface area contributed by atoms with Crippen molar-refractivity contribution in [1.82, 2.24) is 15.2 Å². The predicted octanol–water partition coefficient (Wildman–Crippen LogP) is -0.125. The molecule has 2 rings (SSSR count). The van der Waals surface area contributed by atoms with Crippen LogP contribution in [-0.2, 0) is 9.59 Å². The summed E-state index contributed by atoms with van der Waals surface area (Å²) in [6, 6.07) is 1.47. The second-order valence-corrected chi connectivity index (χ2v) is 4.34. The van der Waals surface area contributed by atoms with Crippen molar-refractivity contribution in [2.24, 2.45) is 0 Å². The fourth-order valence-electron chi connectivity index (χ4n) is 1.69. The van der Waals surface area contributed by atoms with Crippen LogP contribution in [0.25, 0.3) is 0 Å². The van der Waals surface area contributed by atoms with Crippen LogP contribution in [0.3, 0.4) is 0 Å². The number of anilines is 1. The van der Waals surface area contributed by atoms with Gasteiger partial charge in [-0.25, -0.2) is 4.98 Å². The Hall–Kier alpha value is -2.15. The fraction of sp³-hybridized carbons (Fsp3) is 0.273. The van der Waals surface area contributed by atoms with E-state index >= 15 is 0 Å². The molecular formula is C11H11ClN4O3. The van der Waals surface area contributed by atoms with Crippen molar-refractivity contribution < 1.29 is 14.4 Å². The molecule has 1 saturated heterocycles. The van der Waals surface area contributed by atoms with Gasteiger partial charge in [0.15, 0.2) is 0 Å². The Morgan fingerprint density at radius 3 is 2.63 bits per heavy atom. The van der Waals surface area contributed by atoms with Crippen molar-refractivity contribution >= 4 is 35.1 Å². The zero-order valence-corrected chi connectivity index (χ0v) is 10.8. The van der Waals surface area contributed by atoms with Crippen molar-refractivity contribution in [1.29, 1.82) is 0 Å². The number of amides is 3. The topological polar surface area (TPSA) is 91.4 Å². The van der Waals surface area contributed by atoms with E-state index in [1.807, 2.05) is 0 Å². The van der Waals surface area contributed by atoms with Gasteiger partial charge in [0.25, 0.3) is 5.91 Å². The third-order valence-corrected chi connectivity index (χ3v) is 2.88. The zero-order valence-electron chi connectivity index (χ0n) is 10.1. The summed E-state index contributed by atoms with van der Waals surface area (Å²) in [7, 11) is 1.66. The monoisotopic (exact) mass is 282 g/mol. The average molecular weight is 283 g/mol. The smallest absolute Gasteiger partial charge is 0.256 e. The maximum Gasteiger partial charge on any atom is 0.256 e. The molecule has 1 fully saturated rings. The lowest BCUT2D eigenvalue weighted by Crippen LogP contribution is -2.53. The number of aromatic nitrogens is 1. The van der Waals surface area contributed by atoms with Crippen molar-refractivity contribution in [3.63, 3.8) is 0 Å². The SMILES string of the molecule is CNc1cc(C(=O)N2CC(=O)NC(=O)C2)c(Cl)cn1. The Kier molecular flexibility index (Phi) is 3.66. The van der Waals surface area contributed by atoms with Crippen LogP contribution in [-0.4, -0.2) is 47.7 Å². The molecule has 0 aromatic carbocycles. The number of imide groups is 1. The molecule has 1 aliphatic heterocycles. The average Bonchev–Trinajstić information content (AvgIpc) is 2.37. The zero-order chi connectivity index (χ0) is 14.0. The van der Waals surface area contributed by atoms with E-state index in [4.69, 9.17) is 11.6 Å². The van der Waals surface area contributed by atoms with E-state index in [1.165, 1.54) is 12.3 Å². The lowest BCUT2D eigenvalue weighted by molar-refractivity contribution is -0.135. The summed E-state index contributed by atoms with van der Waals surface area (Å²) in [6.45, 7) is -0.337. The van der Waals surface area contributed by atoms with Crippen LogP contribution in [0.2, 0.25) is 5.02 Å². The number of hydrogen-bond acceptors (Lipinski definition) is 5. The molecule has 0 saturated carbocycles. The van der Waals surface area contributed by atoms with Gasteiger partial charge in [-0.1, -0.05) is 11.6 Å². The van der Waals surface area contributed by atoms with E-state index in [0.29, 0.717) is 5.82 Å². The summed E-state index contributed by atoms with van der Waals surface area (Å²) in [5, 5.41) is 5.08. The minimum Gasteiger partial charge on any atom is -0.373 e. The lowest BCUT2D eigenvalue weighted by atomic mass is 10.2. The molecular weight excluding hydrogens is 272 g/mol. The number of pyridine rings is 1. The highest BCUT2D eigenvalue weighted by atomic mass is 35.5. The van der Waals surface area contributed by atoms with E-state index < -0.39 is 17.7 Å². The lowest BCUT2D eigenvalue weighted by Gasteiger charge is -2.25. The number of rotatable bonds is 2. The number of nitrogens with zero attached hydrogens (tertiary/aromatic N) is 2. The van der Waals surface area contributed by atoms with Gasteiger partial charge in [0, 0.05) is 13.2 Å². The van der Waals surface area contributed by atoms with Crippen LogP contribution in [0.5, 0.6) is 0 Å². The highest BCUT2D eigenvalue weighted by Gasteiger charge is 2.28. The summed E-state index contributed by atoms with van der Waals surface area (Å²) >= 11 is 5.92. The van der Waals surface area contributed by atoms with Crippen molar-refractivity contribution in [3.05, 3.63) is 22.8 Å². The molecule has 1 aliphatic rings. The van der Waals surface area contributed by atoms with Crippen molar-refractivity contribution in [3.8, 4) is 0 Å². The van der Waals surface area contributed by atoms with Crippen LogP contribution < -0.4 is 10.6 Å². The Labute approximate surface area is 113 Å². The Balaban J connectivity index is 2.28. The van der Waals surface area contributed by atoms with Gasteiger partial charge in [-0.3, -0.25) is 19.7 Å². The highest BCUT2D eigenvalue weighted by Crippen LogP contribution is 2.20. The summed E-state index contributed by atoms with van der Waals surface area (Å²) < 4.78 is 0. The molecule has 19 heavy (non-hydrogen) atoms. The third kappa shape index (κ3) is 2.82. The quantitative estimate of drug-likeness (QED) is 0.738. The second kappa shape index (κ2) is 5.23. The molecule has 8 heteroatoms. The van der Waals surface area contributed by atoms with Crippen LogP contribution in [0.4, 0.5) is 5.82 Å². The highest BCUT2D eigenvalue weighted by molar-refractivity contribution is 6.33. The molecule has 0 radical (unpaired) electrons. The molecule has 0 bridgehead atoms. The number of nitrogens with one attached hydrogen (secondary N) is 2. The molecule has 0 atom stereocenters. The summed E-state index contributed by atoms with van der Waals surface area (Å²) in [6.07, 6.45) is 1.34. The molecule has 3 amide bonds. The van der Waals surface area contributed by atoms with E-state index in [1.54, 1.807) is 7.05 Å². The van der Waals surface area contributed by atoms with Gasteiger partial charge in [-0.2, -0.15) is 0 Å². The van der Waals surface area contributed by atoms with Crippen LogP contribution in [0, 0.1) is 0 Å². The minimum atomic E-state index is -0.511. The number of carbonyl (C=O) groups is 3. The van der Waals surface area contributed by atoms with Crippen molar-refractivity contribution in [2.45, 2.75) is 0 Å². The first-order valence-corrected chi connectivity index (χ1v) is 5.84. The first-order valence-electron chi connectivity index (χ1n) is 5.46. The molecule has 2 heterocycles. The molecule has 0 aliphatic carbocycles. The first kappa shape index (κ1) is 13.3.